The number of hydrogen-bond acceptors (Lipinski definition) is 3. The molecule has 1 N–H and O–H groups in total. The van der Waals surface area contributed by atoms with Gasteiger partial charge in [0.2, 0.25) is 0 Å². The number of aliphatic imine (C=N–C) groups is 1. The molecule has 0 aromatic rings. The molecule has 0 amide bonds. The summed E-state index contributed by atoms with van der Waals surface area (Å²) in [4.78, 5) is 7.29. The average molecular weight is 495 g/mol. The Kier molecular flexibility index (Phi) is 11.5. The lowest BCUT2D eigenvalue weighted by molar-refractivity contribution is -0.0824. The first-order valence-electron chi connectivity index (χ1n) is 10.6. The molecule has 2 fully saturated rings. The number of halogens is 1. The van der Waals surface area contributed by atoms with Crippen LogP contribution in [0.25, 0.3) is 0 Å². The van der Waals surface area contributed by atoms with Gasteiger partial charge in [-0.15, -0.1) is 24.0 Å². The van der Waals surface area contributed by atoms with Crippen molar-refractivity contribution in [2.75, 3.05) is 46.5 Å². The second kappa shape index (κ2) is 12.5. The van der Waals surface area contributed by atoms with Gasteiger partial charge in [0.1, 0.15) is 0 Å². The topological polar surface area (TPSA) is 46.1 Å². The molecule has 0 saturated carbocycles. The van der Waals surface area contributed by atoms with Gasteiger partial charge in [0, 0.05) is 52.4 Å². The number of nitrogens with one attached hydrogen (secondary N) is 1. The van der Waals surface area contributed by atoms with Gasteiger partial charge in [-0.05, 0) is 50.4 Å². The van der Waals surface area contributed by atoms with Crippen molar-refractivity contribution in [1.82, 2.24) is 10.2 Å². The second-order valence-corrected chi connectivity index (χ2v) is 9.02. The molecule has 0 aromatic heterocycles. The van der Waals surface area contributed by atoms with Crippen molar-refractivity contribution in [1.29, 1.82) is 0 Å². The Hall–Kier alpha value is -0.0800. The van der Waals surface area contributed by atoms with Gasteiger partial charge in [0.15, 0.2) is 5.96 Å². The van der Waals surface area contributed by atoms with E-state index in [4.69, 9.17) is 14.5 Å². The number of rotatable bonds is 6. The lowest BCUT2D eigenvalue weighted by atomic mass is 9.78. The molecule has 2 rings (SSSR count). The Bertz CT molecular complexity index is 434. The summed E-state index contributed by atoms with van der Waals surface area (Å²) in [7, 11) is 2.17. The molecule has 2 atom stereocenters. The maximum Gasteiger partial charge on any atom is 0.193 e. The maximum absolute atomic E-state index is 6.12. The van der Waals surface area contributed by atoms with Crippen molar-refractivity contribution in [3.8, 4) is 0 Å². The highest BCUT2D eigenvalue weighted by molar-refractivity contribution is 14.0. The third-order valence-electron chi connectivity index (χ3n) is 5.68. The SMILES string of the molecule is CCNC(=NCC1CCCOC1C(C)(C)C)N(C)CCC1CCOCC1.I. The molecule has 6 heteroatoms. The van der Waals surface area contributed by atoms with Crippen molar-refractivity contribution < 1.29 is 9.47 Å². The molecule has 0 aliphatic carbocycles. The van der Waals surface area contributed by atoms with Gasteiger partial charge in [0.25, 0.3) is 0 Å². The molecule has 2 heterocycles. The molecule has 160 valence electrons. The summed E-state index contributed by atoms with van der Waals surface area (Å²) in [5.74, 6) is 2.35. The molecule has 0 bridgehead atoms. The minimum absolute atomic E-state index is 0. The van der Waals surface area contributed by atoms with E-state index in [1.54, 1.807) is 0 Å². The van der Waals surface area contributed by atoms with E-state index in [1.165, 1.54) is 25.7 Å². The Labute approximate surface area is 184 Å². The van der Waals surface area contributed by atoms with Crippen LogP contribution in [-0.2, 0) is 9.47 Å². The monoisotopic (exact) mass is 495 g/mol. The average Bonchev–Trinajstić information content (AvgIpc) is 2.63. The van der Waals surface area contributed by atoms with Gasteiger partial charge in [-0.1, -0.05) is 20.8 Å². The van der Waals surface area contributed by atoms with Crippen molar-refractivity contribution in [2.45, 2.75) is 65.9 Å². The maximum atomic E-state index is 6.12. The van der Waals surface area contributed by atoms with Gasteiger partial charge < -0.3 is 19.7 Å². The van der Waals surface area contributed by atoms with Crippen LogP contribution in [0.1, 0.15) is 59.8 Å². The van der Waals surface area contributed by atoms with E-state index in [-0.39, 0.29) is 29.4 Å². The van der Waals surface area contributed by atoms with Crippen LogP contribution in [0, 0.1) is 17.3 Å². The molecule has 0 aromatic carbocycles. The van der Waals surface area contributed by atoms with E-state index in [2.05, 4.69) is 45.0 Å². The Morgan fingerprint density at radius 2 is 1.85 bits per heavy atom. The van der Waals surface area contributed by atoms with Crippen LogP contribution in [0.5, 0.6) is 0 Å². The summed E-state index contributed by atoms with van der Waals surface area (Å²) < 4.78 is 11.6. The lowest BCUT2D eigenvalue weighted by Crippen LogP contribution is -2.43. The summed E-state index contributed by atoms with van der Waals surface area (Å²) in [5, 5.41) is 3.47. The molecular formula is C21H42IN3O2. The Morgan fingerprint density at radius 1 is 1.15 bits per heavy atom. The third kappa shape index (κ3) is 8.44. The van der Waals surface area contributed by atoms with E-state index in [0.717, 1.165) is 57.8 Å². The predicted molar refractivity (Wildman–Crippen MR) is 124 cm³/mol. The Morgan fingerprint density at radius 3 is 2.48 bits per heavy atom. The van der Waals surface area contributed by atoms with Crippen LogP contribution in [0.15, 0.2) is 4.99 Å². The molecule has 5 nitrogen and oxygen atoms in total. The molecule has 2 saturated heterocycles. The van der Waals surface area contributed by atoms with E-state index < -0.39 is 0 Å². The van der Waals surface area contributed by atoms with Gasteiger partial charge >= 0.3 is 0 Å². The van der Waals surface area contributed by atoms with Crippen molar-refractivity contribution in [3.63, 3.8) is 0 Å². The number of guanidine groups is 1. The van der Waals surface area contributed by atoms with Crippen molar-refractivity contribution in [3.05, 3.63) is 0 Å². The summed E-state index contributed by atoms with van der Waals surface area (Å²) in [6.45, 7) is 14.6. The molecule has 2 aliphatic heterocycles. The highest BCUT2D eigenvalue weighted by Crippen LogP contribution is 2.34. The summed E-state index contributed by atoms with van der Waals surface area (Å²) in [6.07, 6.45) is 6.30. The highest BCUT2D eigenvalue weighted by Gasteiger charge is 2.35. The van der Waals surface area contributed by atoms with E-state index in [0.29, 0.717) is 12.0 Å². The fourth-order valence-electron chi connectivity index (χ4n) is 4.18. The van der Waals surface area contributed by atoms with Crippen LogP contribution in [0.2, 0.25) is 0 Å². The van der Waals surface area contributed by atoms with Crippen LogP contribution < -0.4 is 5.32 Å². The highest BCUT2D eigenvalue weighted by atomic mass is 127. The zero-order chi connectivity index (χ0) is 19.0. The zero-order valence-electron chi connectivity index (χ0n) is 18.1. The predicted octanol–water partition coefficient (Wildman–Crippen LogP) is 4.16. The first-order valence-corrected chi connectivity index (χ1v) is 10.6. The number of hydrogen-bond donors (Lipinski definition) is 1. The van der Waals surface area contributed by atoms with E-state index in [1.807, 2.05) is 0 Å². The number of ether oxygens (including phenoxy) is 2. The van der Waals surface area contributed by atoms with E-state index >= 15 is 0 Å². The van der Waals surface area contributed by atoms with Crippen molar-refractivity contribution in [2.24, 2.45) is 22.2 Å². The lowest BCUT2D eigenvalue weighted by Gasteiger charge is -2.39. The quantitative estimate of drug-likeness (QED) is 0.342. The molecule has 2 unspecified atom stereocenters. The molecule has 0 spiro atoms. The zero-order valence-corrected chi connectivity index (χ0v) is 20.5. The van der Waals surface area contributed by atoms with Crippen LogP contribution in [0.4, 0.5) is 0 Å². The molecular weight excluding hydrogens is 453 g/mol. The third-order valence-corrected chi connectivity index (χ3v) is 5.68. The minimum atomic E-state index is 0. The minimum Gasteiger partial charge on any atom is -0.381 e. The summed E-state index contributed by atoms with van der Waals surface area (Å²) in [5.41, 5.74) is 0.175. The van der Waals surface area contributed by atoms with Crippen LogP contribution in [-0.4, -0.2) is 63.5 Å². The fourth-order valence-corrected chi connectivity index (χ4v) is 4.18. The molecule has 27 heavy (non-hydrogen) atoms. The standard InChI is InChI=1S/C21H41N3O2.HI/c1-6-22-20(24(5)12-9-17-10-14-25-15-11-17)23-16-18-8-7-13-26-19(18)21(2,3)4;/h17-19H,6-16H2,1-5H3,(H,22,23);1H. The summed E-state index contributed by atoms with van der Waals surface area (Å²) >= 11 is 0. The molecule has 2 aliphatic rings. The molecule has 0 radical (unpaired) electrons. The fraction of sp³-hybridized carbons (Fsp3) is 0.952. The van der Waals surface area contributed by atoms with E-state index in [9.17, 15) is 0 Å². The first kappa shape index (κ1) is 25.0. The van der Waals surface area contributed by atoms with Gasteiger partial charge in [-0.25, -0.2) is 0 Å². The van der Waals surface area contributed by atoms with Crippen LogP contribution in [0.3, 0.4) is 0 Å². The van der Waals surface area contributed by atoms with Gasteiger partial charge in [-0.3, -0.25) is 4.99 Å². The largest absolute Gasteiger partial charge is 0.381 e. The summed E-state index contributed by atoms with van der Waals surface area (Å²) in [6, 6.07) is 0. The second-order valence-electron chi connectivity index (χ2n) is 9.02. The van der Waals surface area contributed by atoms with Gasteiger partial charge in [0.05, 0.1) is 6.10 Å². The van der Waals surface area contributed by atoms with Crippen LogP contribution >= 0.6 is 24.0 Å². The number of nitrogens with zero attached hydrogens (tertiary/aromatic N) is 2. The van der Waals surface area contributed by atoms with Gasteiger partial charge in [-0.2, -0.15) is 0 Å². The first-order chi connectivity index (χ1) is 12.4. The normalized spacial score (nSPS) is 25.0. The Balaban J connectivity index is 0.00000364. The van der Waals surface area contributed by atoms with Crippen molar-refractivity contribution >= 4 is 29.9 Å². The smallest absolute Gasteiger partial charge is 0.193 e.